The Morgan fingerprint density at radius 1 is 1.12 bits per heavy atom. The second kappa shape index (κ2) is 7.73. The summed E-state index contributed by atoms with van der Waals surface area (Å²) in [6.45, 7) is 2.34. The highest BCUT2D eigenvalue weighted by atomic mass is 16.5. The molecule has 0 fully saturated rings. The van der Waals surface area contributed by atoms with Crippen molar-refractivity contribution in [2.75, 3.05) is 6.61 Å². The summed E-state index contributed by atoms with van der Waals surface area (Å²) < 4.78 is 7.01. The Labute approximate surface area is 141 Å². The molecule has 0 aliphatic heterocycles. The van der Waals surface area contributed by atoms with Crippen molar-refractivity contribution < 1.29 is 9.53 Å². The number of hydrogen-bond acceptors (Lipinski definition) is 4. The van der Waals surface area contributed by atoms with Crippen LogP contribution in [0.15, 0.2) is 48.7 Å². The van der Waals surface area contributed by atoms with Crippen molar-refractivity contribution in [3.8, 4) is 6.01 Å². The molecule has 0 saturated heterocycles. The van der Waals surface area contributed by atoms with Crippen LogP contribution in [0.2, 0.25) is 0 Å². The van der Waals surface area contributed by atoms with Gasteiger partial charge < -0.3 is 4.74 Å². The Kier molecular flexibility index (Phi) is 5.21. The zero-order valence-electron chi connectivity index (χ0n) is 13.8. The zero-order valence-corrected chi connectivity index (χ0v) is 13.8. The fourth-order valence-corrected chi connectivity index (χ4v) is 2.70. The van der Waals surface area contributed by atoms with E-state index in [-0.39, 0.29) is 5.91 Å². The topological polar surface area (TPSA) is 57.0 Å². The Morgan fingerprint density at radius 3 is 2.75 bits per heavy atom. The van der Waals surface area contributed by atoms with Crippen LogP contribution in [0.25, 0.3) is 11.2 Å². The molecule has 24 heavy (non-hydrogen) atoms. The molecule has 0 aliphatic carbocycles. The number of hydrogen-bond donors (Lipinski definition) is 0. The highest BCUT2D eigenvalue weighted by molar-refractivity contribution is 5.90. The van der Waals surface area contributed by atoms with Gasteiger partial charge in [0.25, 0.3) is 0 Å². The van der Waals surface area contributed by atoms with Gasteiger partial charge in [-0.15, -0.1) is 0 Å². The van der Waals surface area contributed by atoms with Crippen molar-refractivity contribution in [1.29, 1.82) is 0 Å². The summed E-state index contributed by atoms with van der Waals surface area (Å²) in [5.74, 6) is -0.0206. The van der Waals surface area contributed by atoms with Gasteiger partial charge >= 0.3 is 6.01 Å². The van der Waals surface area contributed by atoms with E-state index in [0.717, 1.165) is 19.3 Å². The van der Waals surface area contributed by atoms with Gasteiger partial charge in [-0.05, 0) is 43.9 Å². The molecule has 0 atom stereocenters. The summed E-state index contributed by atoms with van der Waals surface area (Å²) in [6.07, 6.45) is 4.90. The second-order valence-electron chi connectivity index (χ2n) is 5.60. The molecule has 0 saturated carbocycles. The van der Waals surface area contributed by atoms with Gasteiger partial charge in [0.15, 0.2) is 5.65 Å². The molecule has 0 N–H and O–H groups in total. The minimum Gasteiger partial charge on any atom is -0.465 e. The molecule has 3 aromatic rings. The van der Waals surface area contributed by atoms with Crippen LogP contribution in [0.5, 0.6) is 6.01 Å². The third kappa shape index (κ3) is 3.62. The van der Waals surface area contributed by atoms with Crippen LogP contribution in [-0.2, 0) is 6.42 Å². The van der Waals surface area contributed by atoms with E-state index < -0.39 is 0 Å². The lowest BCUT2D eigenvalue weighted by atomic mass is 10.1. The molecule has 0 spiro atoms. The van der Waals surface area contributed by atoms with Crippen molar-refractivity contribution in [1.82, 2.24) is 14.5 Å². The molecule has 0 amide bonds. The maximum Gasteiger partial charge on any atom is 0.305 e. The fraction of sp³-hybridized carbons (Fsp3) is 0.316. The van der Waals surface area contributed by atoms with Crippen LogP contribution in [0.1, 0.15) is 36.5 Å². The van der Waals surface area contributed by atoms with E-state index >= 15 is 0 Å². The average Bonchev–Trinajstić information content (AvgIpc) is 2.98. The molecule has 124 valence electrons. The molecular weight excluding hydrogens is 302 g/mol. The average molecular weight is 323 g/mol. The van der Waals surface area contributed by atoms with Gasteiger partial charge in [-0.2, -0.15) is 4.98 Å². The number of imidazole rings is 1. The van der Waals surface area contributed by atoms with E-state index in [9.17, 15) is 4.79 Å². The number of benzene rings is 1. The van der Waals surface area contributed by atoms with Gasteiger partial charge in [-0.3, -0.25) is 4.79 Å². The largest absolute Gasteiger partial charge is 0.465 e. The van der Waals surface area contributed by atoms with Gasteiger partial charge in [0, 0.05) is 12.6 Å². The zero-order chi connectivity index (χ0) is 16.8. The Morgan fingerprint density at radius 2 is 1.96 bits per heavy atom. The van der Waals surface area contributed by atoms with Crippen molar-refractivity contribution in [2.24, 2.45) is 0 Å². The van der Waals surface area contributed by atoms with E-state index in [1.54, 1.807) is 12.3 Å². The van der Waals surface area contributed by atoms with E-state index in [0.29, 0.717) is 30.2 Å². The Balaban J connectivity index is 1.66. The minimum atomic E-state index is -0.0206. The lowest BCUT2D eigenvalue weighted by Crippen LogP contribution is -2.13. The van der Waals surface area contributed by atoms with E-state index in [2.05, 4.69) is 22.1 Å². The van der Waals surface area contributed by atoms with Crippen molar-refractivity contribution >= 4 is 17.1 Å². The summed E-state index contributed by atoms with van der Waals surface area (Å²) >= 11 is 0. The monoisotopic (exact) mass is 323 g/mol. The Hall–Kier alpha value is -2.69. The smallest absolute Gasteiger partial charge is 0.305 e. The molecule has 1 aromatic carbocycles. The predicted molar refractivity (Wildman–Crippen MR) is 93.3 cm³/mol. The van der Waals surface area contributed by atoms with Crippen LogP contribution >= 0.6 is 0 Å². The molecule has 0 aliphatic rings. The Bertz CT molecular complexity index is 812. The molecule has 0 radical (unpaired) electrons. The number of nitrogens with zero attached hydrogens (tertiary/aromatic N) is 3. The van der Waals surface area contributed by atoms with Gasteiger partial charge in [0.05, 0.1) is 6.61 Å². The SMILES string of the molecule is CCOc1nc2cccnc2n1C(=O)CCCCc1ccccc1. The number of carbonyl (C=O) groups is 1. The quantitative estimate of drug-likeness (QED) is 0.619. The van der Waals surface area contributed by atoms with Crippen LogP contribution in [0.4, 0.5) is 0 Å². The first-order valence-corrected chi connectivity index (χ1v) is 8.33. The van der Waals surface area contributed by atoms with Crippen molar-refractivity contribution in [3.63, 3.8) is 0 Å². The van der Waals surface area contributed by atoms with Gasteiger partial charge in [0.1, 0.15) is 5.52 Å². The summed E-state index contributed by atoms with van der Waals surface area (Å²) in [7, 11) is 0. The number of ether oxygens (including phenoxy) is 1. The first kappa shape index (κ1) is 16.2. The minimum absolute atomic E-state index is 0.0206. The van der Waals surface area contributed by atoms with E-state index in [4.69, 9.17) is 4.74 Å². The fourth-order valence-electron chi connectivity index (χ4n) is 2.70. The van der Waals surface area contributed by atoms with Crippen LogP contribution < -0.4 is 4.74 Å². The third-order valence-electron chi connectivity index (χ3n) is 3.86. The van der Waals surface area contributed by atoms with Crippen molar-refractivity contribution in [3.05, 3.63) is 54.2 Å². The maximum absolute atomic E-state index is 12.6. The number of pyridine rings is 1. The van der Waals surface area contributed by atoms with Gasteiger partial charge in [0.2, 0.25) is 5.91 Å². The van der Waals surface area contributed by atoms with Gasteiger partial charge in [-0.1, -0.05) is 30.3 Å². The highest BCUT2D eigenvalue weighted by Gasteiger charge is 2.18. The molecule has 0 bridgehead atoms. The lowest BCUT2D eigenvalue weighted by Gasteiger charge is -2.07. The predicted octanol–water partition coefficient (Wildman–Crippen LogP) is 3.88. The van der Waals surface area contributed by atoms with Gasteiger partial charge in [-0.25, -0.2) is 9.55 Å². The number of aromatic nitrogens is 3. The highest BCUT2D eigenvalue weighted by Crippen LogP contribution is 2.20. The van der Waals surface area contributed by atoms with E-state index in [1.165, 1.54) is 10.1 Å². The lowest BCUT2D eigenvalue weighted by molar-refractivity contribution is 0.0890. The first-order valence-electron chi connectivity index (χ1n) is 8.33. The molecule has 2 heterocycles. The number of fused-ring (bicyclic) bond motifs is 1. The first-order chi connectivity index (χ1) is 11.8. The number of aryl methyl sites for hydroxylation is 1. The molecule has 3 rings (SSSR count). The molecule has 5 heteroatoms. The summed E-state index contributed by atoms with van der Waals surface area (Å²) in [4.78, 5) is 21.3. The molecule has 2 aromatic heterocycles. The summed E-state index contributed by atoms with van der Waals surface area (Å²) in [5.41, 5.74) is 2.54. The second-order valence-corrected chi connectivity index (χ2v) is 5.60. The molecule has 5 nitrogen and oxygen atoms in total. The van der Waals surface area contributed by atoms with Crippen LogP contribution in [0.3, 0.4) is 0 Å². The third-order valence-corrected chi connectivity index (χ3v) is 3.86. The molecular formula is C19H21N3O2. The number of unbranched alkanes of at least 4 members (excludes halogenated alkanes) is 1. The molecule has 0 unspecified atom stereocenters. The normalized spacial score (nSPS) is 10.9. The standard InChI is InChI=1S/C19H21N3O2/c1-2-24-19-21-16-12-8-14-20-18(16)22(19)17(23)13-7-6-11-15-9-4-3-5-10-15/h3-5,8-10,12,14H,2,6-7,11,13H2,1H3. The maximum atomic E-state index is 12.6. The van der Waals surface area contributed by atoms with Crippen molar-refractivity contribution in [2.45, 2.75) is 32.6 Å². The number of carbonyl (C=O) groups excluding carboxylic acids is 1. The number of rotatable bonds is 7. The summed E-state index contributed by atoms with van der Waals surface area (Å²) in [6, 6.07) is 14.3. The van der Waals surface area contributed by atoms with Crippen LogP contribution in [-0.4, -0.2) is 27.0 Å². The van der Waals surface area contributed by atoms with Crippen LogP contribution in [0, 0.1) is 0 Å². The van der Waals surface area contributed by atoms with E-state index in [1.807, 2.05) is 31.2 Å². The summed E-state index contributed by atoms with van der Waals surface area (Å²) in [5, 5.41) is 0.